The third-order valence-corrected chi connectivity index (χ3v) is 4.46. The van der Waals surface area contributed by atoms with E-state index in [1.54, 1.807) is 29.2 Å². The Bertz CT molecular complexity index is 627. The van der Waals surface area contributed by atoms with Crippen molar-refractivity contribution in [3.63, 3.8) is 0 Å². The molecule has 0 radical (unpaired) electrons. The standard InChI is InChI=1S/C19H27ClN2O4/c1-19(2,3)26-18(25)21-10-4-5-14-11-22(12-16(14)23)17(24)13-6-8-15(20)9-7-13/h6-9,14,16,23H,4-5,10-12H2,1-3H3,(H,21,25)/t14-,16-/m1/s1. The average molecular weight is 383 g/mol. The topological polar surface area (TPSA) is 78.9 Å². The van der Waals surface area contributed by atoms with Gasteiger partial charge in [0.05, 0.1) is 6.10 Å². The Morgan fingerprint density at radius 1 is 1.27 bits per heavy atom. The van der Waals surface area contributed by atoms with Gasteiger partial charge in [-0.1, -0.05) is 11.6 Å². The molecule has 26 heavy (non-hydrogen) atoms. The summed E-state index contributed by atoms with van der Waals surface area (Å²) >= 11 is 5.85. The number of nitrogens with one attached hydrogen (secondary N) is 1. The van der Waals surface area contributed by atoms with Gasteiger partial charge in [0.2, 0.25) is 0 Å². The molecule has 1 aliphatic rings. The molecule has 0 aromatic heterocycles. The lowest BCUT2D eigenvalue weighted by atomic mass is 10.0. The first-order valence-electron chi connectivity index (χ1n) is 8.85. The molecule has 0 bridgehead atoms. The van der Waals surface area contributed by atoms with Crippen LogP contribution < -0.4 is 5.32 Å². The van der Waals surface area contributed by atoms with Crippen LogP contribution in [0.2, 0.25) is 5.02 Å². The largest absolute Gasteiger partial charge is 0.444 e. The molecule has 0 aliphatic carbocycles. The van der Waals surface area contributed by atoms with Gasteiger partial charge in [-0.25, -0.2) is 4.79 Å². The van der Waals surface area contributed by atoms with E-state index in [1.807, 2.05) is 20.8 Å². The van der Waals surface area contributed by atoms with Crippen LogP contribution in [-0.2, 0) is 4.74 Å². The van der Waals surface area contributed by atoms with Gasteiger partial charge in [-0.05, 0) is 57.9 Å². The van der Waals surface area contributed by atoms with Crippen molar-refractivity contribution in [3.05, 3.63) is 34.9 Å². The second-order valence-electron chi connectivity index (χ2n) is 7.62. The second-order valence-corrected chi connectivity index (χ2v) is 8.05. The van der Waals surface area contributed by atoms with Crippen molar-refractivity contribution in [1.82, 2.24) is 10.2 Å². The number of amides is 2. The van der Waals surface area contributed by atoms with Gasteiger partial charge < -0.3 is 20.1 Å². The number of β-amino-alcohol motifs (C(OH)–C–C–N with tert-alkyl or cyclic N) is 1. The maximum atomic E-state index is 12.5. The van der Waals surface area contributed by atoms with Crippen molar-refractivity contribution in [3.8, 4) is 0 Å². The Morgan fingerprint density at radius 2 is 1.92 bits per heavy atom. The van der Waals surface area contributed by atoms with Crippen molar-refractivity contribution >= 4 is 23.6 Å². The quantitative estimate of drug-likeness (QED) is 0.767. The summed E-state index contributed by atoms with van der Waals surface area (Å²) in [6.45, 7) is 6.75. The van der Waals surface area contributed by atoms with Crippen LogP contribution in [0.1, 0.15) is 44.0 Å². The first kappa shape index (κ1) is 20.5. The molecule has 1 aromatic carbocycles. The Labute approximate surface area is 159 Å². The maximum absolute atomic E-state index is 12.5. The van der Waals surface area contributed by atoms with Gasteiger partial charge in [0, 0.05) is 36.1 Å². The number of benzene rings is 1. The lowest BCUT2D eigenvalue weighted by Crippen LogP contribution is -2.33. The van der Waals surface area contributed by atoms with Crippen molar-refractivity contribution < 1.29 is 19.4 Å². The summed E-state index contributed by atoms with van der Waals surface area (Å²) in [5, 5.41) is 13.5. The molecule has 0 saturated carbocycles. The molecule has 144 valence electrons. The summed E-state index contributed by atoms with van der Waals surface area (Å²) in [6.07, 6.45) is 0.447. The second kappa shape index (κ2) is 8.73. The smallest absolute Gasteiger partial charge is 0.407 e. The third kappa shape index (κ3) is 6.18. The summed E-state index contributed by atoms with van der Waals surface area (Å²) in [7, 11) is 0. The fourth-order valence-electron chi connectivity index (χ4n) is 2.95. The molecule has 2 atom stereocenters. The number of likely N-dealkylation sites (tertiary alicyclic amines) is 1. The molecule has 1 aromatic rings. The molecule has 1 saturated heterocycles. The number of hydrogen-bond acceptors (Lipinski definition) is 4. The van der Waals surface area contributed by atoms with Crippen molar-refractivity contribution in [2.75, 3.05) is 19.6 Å². The zero-order valence-electron chi connectivity index (χ0n) is 15.5. The molecule has 1 fully saturated rings. The highest BCUT2D eigenvalue weighted by Crippen LogP contribution is 2.23. The van der Waals surface area contributed by atoms with Crippen LogP contribution >= 0.6 is 11.6 Å². The van der Waals surface area contributed by atoms with Crippen LogP contribution in [0.3, 0.4) is 0 Å². The molecule has 1 aliphatic heterocycles. The van der Waals surface area contributed by atoms with Crippen LogP contribution in [0.15, 0.2) is 24.3 Å². The highest BCUT2D eigenvalue weighted by molar-refractivity contribution is 6.30. The summed E-state index contributed by atoms with van der Waals surface area (Å²) in [5.74, 6) is -0.0956. The number of hydrogen-bond donors (Lipinski definition) is 2. The highest BCUT2D eigenvalue weighted by Gasteiger charge is 2.33. The van der Waals surface area contributed by atoms with E-state index in [2.05, 4.69) is 5.32 Å². The highest BCUT2D eigenvalue weighted by atomic mass is 35.5. The number of ether oxygens (including phenoxy) is 1. The van der Waals surface area contributed by atoms with E-state index in [9.17, 15) is 14.7 Å². The van der Waals surface area contributed by atoms with Crippen LogP contribution in [-0.4, -0.2) is 53.3 Å². The molecule has 6 nitrogen and oxygen atoms in total. The van der Waals surface area contributed by atoms with E-state index < -0.39 is 17.8 Å². The van der Waals surface area contributed by atoms with E-state index in [0.29, 0.717) is 36.6 Å². The SMILES string of the molecule is CC(C)(C)OC(=O)NCCC[C@@H]1CN(C(=O)c2ccc(Cl)cc2)C[C@H]1O. The Balaban J connectivity index is 1.75. The minimum atomic E-state index is -0.548. The van der Waals surface area contributed by atoms with Crippen LogP contribution in [0.4, 0.5) is 4.79 Å². The van der Waals surface area contributed by atoms with Crippen LogP contribution in [0.5, 0.6) is 0 Å². The molecule has 2 N–H and O–H groups in total. The lowest BCUT2D eigenvalue weighted by molar-refractivity contribution is 0.0525. The molecule has 0 unspecified atom stereocenters. The van der Waals surface area contributed by atoms with E-state index >= 15 is 0 Å². The predicted molar refractivity (Wildman–Crippen MR) is 100 cm³/mol. The minimum absolute atomic E-state index is 0.00619. The number of nitrogens with zero attached hydrogens (tertiary/aromatic N) is 1. The lowest BCUT2D eigenvalue weighted by Gasteiger charge is -2.20. The molecule has 7 heteroatoms. The number of aliphatic hydroxyl groups excluding tert-OH is 1. The first-order valence-corrected chi connectivity index (χ1v) is 9.23. The van der Waals surface area contributed by atoms with Crippen molar-refractivity contribution in [2.45, 2.75) is 45.3 Å². The summed E-state index contributed by atoms with van der Waals surface area (Å²) in [5.41, 5.74) is 0.0442. The summed E-state index contributed by atoms with van der Waals surface area (Å²) < 4.78 is 5.18. The average Bonchev–Trinajstić information content (AvgIpc) is 2.91. The predicted octanol–water partition coefficient (Wildman–Crippen LogP) is 3.08. The van der Waals surface area contributed by atoms with Gasteiger partial charge in [0.1, 0.15) is 5.60 Å². The molecule has 2 amide bonds. The Kier molecular flexibility index (Phi) is 6.89. The number of carbonyl (C=O) groups excluding carboxylic acids is 2. The van der Waals surface area contributed by atoms with Gasteiger partial charge in [-0.15, -0.1) is 0 Å². The van der Waals surface area contributed by atoms with Crippen molar-refractivity contribution in [1.29, 1.82) is 0 Å². The number of aliphatic hydroxyl groups is 1. The zero-order valence-corrected chi connectivity index (χ0v) is 16.3. The first-order chi connectivity index (χ1) is 12.2. The molecule has 0 spiro atoms. The summed E-state index contributed by atoms with van der Waals surface area (Å²) in [4.78, 5) is 25.8. The monoisotopic (exact) mass is 382 g/mol. The Morgan fingerprint density at radius 3 is 2.54 bits per heavy atom. The van der Waals surface area contributed by atoms with Crippen LogP contribution in [0, 0.1) is 5.92 Å². The van der Waals surface area contributed by atoms with Gasteiger partial charge >= 0.3 is 6.09 Å². The summed E-state index contributed by atoms with van der Waals surface area (Å²) in [6, 6.07) is 6.74. The van der Waals surface area contributed by atoms with E-state index in [-0.39, 0.29) is 11.8 Å². The van der Waals surface area contributed by atoms with Gasteiger partial charge in [0.25, 0.3) is 5.91 Å². The minimum Gasteiger partial charge on any atom is -0.444 e. The number of halogens is 1. The number of carbonyl (C=O) groups is 2. The van der Waals surface area contributed by atoms with Gasteiger partial charge in [-0.2, -0.15) is 0 Å². The molecule has 1 heterocycles. The number of alkyl carbamates (subject to hydrolysis) is 1. The Hall–Kier alpha value is -1.79. The fourth-order valence-corrected chi connectivity index (χ4v) is 3.07. The van der Waals surface area contributed by atoms with Gasteiger partial charge in [0.15, 0.2) is 0 Å². The van der Waals surface area contributed by atoms with E-state index in [4.69, 9.17) is 16.3 Å². The zero-order chi connectivity index (χ0) is 19.3. The third-order valence-electron chi connectivity index (χ3n) is 4.20. The molecular formula is C19H27ClN2O4. The maximum Gasteiger partial charge on any atom is 0.407 e. The van der Waals surface area contributed by atoms with Gasteiger partial charge in [-0.3, -0.25) is 4.79 Å². The molecular weight excluding hydrogens is 356 g/mol. The number of rotatable bonds is 5. The van der Waals surface area contributed by atoms with E-state index in [1.165, 1.54) is 0 Å². The normalized spacial score (nSPS) is 20.1. The molecule has 2 rings (SSSR count). The van der Waals surface area contributed by atoms with E-state index in [0.717, 1.165) is 6.42 Å². The fraction of sp³-hybridized carbons (Fsp3) is 0.579. The van der Waals surface area contributed by atoms with Crippen molar-refractivity contribution in [2.24, 2.45) is 5.92 Å². The van der Waals surface area contributed by atoms with Crippen LogP contribution in [0.25, 0.3) is 0 Å².